The summed E-state index contributed by atoms with van der Waals surface area (Å²) in [6.45, 7) is 13.7. The maximum atomic E-state index is 5.85. The Hall–Kier alpha value is -6.00. The van der Waals surface area contributed by atoms with E-state index in [1.807, 2.05) is 30.5 Å². The molecule has 3 aromatic heterocycles. The molecule has 0 fully saturated rings. The molecule has 0 spiro atoms. The first-order valence-corrected chi connectivity index (χ1v) is 18.3. The monoisotopic (exact) mass is 691 g/mol. The minimum absolute atomic E-state index is 0.00913. The molecular formula is C49H45N3O. The van der Waals surface area contributed by atoms with Crippen LogP contribution >= 0.6 is 0 Å². The fourth-order valence-electron chi connectivity index (χ4n) is 7.21. The first-order valence-electron chi connectivity index (χ1n) is 18.3. The second-order valence-corrected chi connectivity index (χ2v) is 16.0. The number of pyridine rings is 2. The Labute approximate surface area is 312 Å². The van der Waals surface area contributed by atoms with Gasteiger partial charge in [0.2, 0.25) is 0 Å². The largest absolute Gasteiger partial charge is 0.496 e. The number of benzene rings is 5. The van der Waals surface area contributed by atoms with Gasteiger partial charge in [0.15, 0.2) is 0 Å². The molecule has 0 bridgehead atoms. The van der Waals surface area contributed by atoms with Gasteiger partial charge in [-0.2, -0.15) is 0 Å². The molecule has 1 N–H and O–H groups in total. The third-order valence-electron chi connectivity index (χ3n) is 10.3. The fourth-order valence-corrected chi connectivity index (χ4v) is 7.21. The highest BCUT2D eigenvalue weighted by Crippen LogP contribution is 2.40. The van der Waals surface area contributed by atoms with Gasteiger partial charge in [0.1, 0.15) is 5.75 Å². The molecule has 8 aromatic rings. The van der Waals surface area contributed by atoms with Crippen molar-refractivity contribution in [3.05, 3.63) is 151 Å². The van der Waals surface area contributed by atoms with Crippen LogP contribution in [0.3, 0.4) is 0 Å². The zero-order valence-corrected chi connectivity index (χ0v) is 31.6. The number of rotatable bonds is 6. The number of hydrogen-bond acceptors (Lipinski definition) is 3. The summed E-state index contributed by atoms with van der Waals surface area (Å²) >= 11 is 0. The summed E-state index contributed by atoms with van der Waals surface area (Å²) in [5, 5.41) is 2.42. The number of ether oxygens (including phenoxy) is 1. The Balaban J connectivity index is 1.29. The Bertz CT molecular complexity index is 2600. The smallest absolute Gasteiger partial charge is 0.128 e. The third kappa shape index (κ3) is 6.62. The molecule has 5 aromatic carbocycles. The molecule has 0 radical (unpaired) electrons. The van der Waals surface area contributed by atoms with Crippen molar-refractivity contribution in [1.29, 1.82) is 0 Å². The summed E-state index contributed by atoms with van der Waals surface area (Å²) in [4.78, 5) is 13.8. The van der Waals surface area contributed by atoms with Crippen molar-refractivity contribution in [1.82, 2.24) is 15.0 Å². The minimum atomic E-state index is -0.00913. The van der Waals surface area contributed by atoms with Gasteiger partial charge in [0, 0.05) is 50.3 Å². The average molecular weight is 692 g/mol. The maximum Gasteiger partial charge on any atom is 0.128 e. The topological polar surface area (TPSA) is 50.8 Å². The molecule has 53 heavy (non-hydrogen) atoms. The van der Waals surface area contributed by atoms with E-state index < -0.39 is 0 Å². The van der Waals surface area contributed by atoms with E-state index in [2.05, 4.69) is 156 Å². The lowest BCUT2D eigenvalue weighted by Crippen LogP contribution is -2.16. The molecule has 0 amide bonds. The predicted octanol–water partition coefficient (Wildman–Crippen LogP) is 13.0. The second-order valence-electron chi connectivity index (χ2n) is 16.0. The van der Waals surface area contributed by atoms with Gasteiger partial charge >= 0.3 is 0 Å². The molecule has 8 rings (SSSR count). The highest BCUT2D eigenvalue weighted by Gasteiger charge is 2.22. The summed E-state index contributed by atoms with van der Waals surface area (Å²) in [7, 11) is 1.72. The van der Waals surface area contributed by atoms with E-state index in [4.69, 9.17) is 14.7 Å². The molecule has 4 heteroatoms. The summed E-state index contributed by atoms with van der Waals surface area (Å²) in [5.74, 6) is 0.793. The van der Waals surface area contributed by atoms with E-state index in [-0.39, 0.29) is 10.8 Å². The van der Waals surface area contributed by atoms with Gasteiger partial charge in [-0.1, -0.05) is 120 Å². The SMILES string of the molecule is COc1ccccc1-c1cc(-c2cc(C(C)(C)C)cc(C(C)(C)C)c2)cc(-c2cccc(-c3ncccc3-c3ccc4[nH]c5ccccc5c4c3)c2)n1. The summed E-state index contributed by atoms with van der Waals surface area (Å²) in [6.07, 6.45) is 1.88. The van der Waals surface area contributed by atoms with Crippen LogP contribution in [0.1, 0.15) is 52.7 Å². The number of nitrogens with zero attached hydrogens (tertiary/aromatic N) is 2. The summed E-state index contributed by atoms with van der Waals surface area (Å²) in [6, 6.07) is 47.5. The second kappa shape index (κ2) is 13.2. The number of para-hydroxylation sites is 2. The maximum absolute atomic E-state index is 5.85. The van der Waals surface area contributed by atoms with E-state index in [0.29, 0.717) is 0 Å². The van der Waals surface area contributed by atoms with Crippen LogP contribution in [0.5, 0.6) is 5.75 Å². The fraction of sp³-hybridized carbons (Fsp3) is 0.184. The van der Waals surface area contributed by atoms with Crippen LogP contribution in [0, 0.1) is 0 Å². The molecule has 0 aliphatic rings. The van der Waals surface area contributed by atoms with Gasteiger partial charge in [-0.3, -0.25) is 4.98 Å². The number of nitrogens with one attached hydrogen (secondary N) is 1. The number of hydrogen-bond donors (Lipinski definition) is 1. The van der Waals surface area contributed by atoms with Crippen LogP contribution in [0.4, 0.5) is 0 Å². The van der Waals surface area contributed by atoms with Gasteiger partial charge in [0.05, 0.1) is 24.2 Å². The highest BCUT2D eigenvalue weighted by molar-refractivity contribution is 6.08. The lowest BCUT2D eigenvalue weighted by atomic mass is 9.79. The zero-order valence-electron chi connectivity index (χ0n) is 31.6. The van der Waals surface area contributed by atoms with Crippen LogP contribution in [0.25, 0.3) is 77.8 Å². The van der Waals surface area contributed by atoms with Gasteiger partial charge < -0.3 is 9.72 Å². The molecule has 0 unspecified atom stereocenters. The normalized spacial score (nSPS) is 12.1. The average Bonchev–Trinajstić information content (AvgIpc) is 3.55. The first kappa shape index (κ1) is 34.1. The number of H-pyrrole nitrogens is 1. The van der Waals surface area contributed by atoms with Crippen molar-refractivity contribution in [3.8, 4) is 61.8 Å². The van der Waals surface area contributed by atoms with E-state index in [1.165, 1.54) is 27.5 Å². The Morgan fingerprint density at radius 2 is 1.15 bits per heavy atom. The Morgan fingerprint density at radius 3 is 1.92 bits per heavy atom. The van der Waals surface area contributed by atoms with Gasteiger partial charge in [-0.05, 0) is 93.2 Å². The van der Waals surface area contributed by atoms with Crippen molar-refractivity contribution in [2.45, 2.75) is 52.4 Å². The van der Waals surface area contributed by atoms with Gasteiger partial charge in [-0.25, -0.2) is 4.98 Å². The van der Waals surface area contributed by atoms with Crippen LogP contribution in [0.15, 0.2) is 140 Å². The first-order chi connectivity index (χ1) is 25.5. The molecule has 262 valence electrons. The molecule has 0 saturated carbocycles. The Morgan fingerprint density at radius 1 is 0.491 bits per heavy atom. The van der Waals surface area contributed by atoms with Crippen molar-refractivity contribution < 1.29 is 4.74 Å². The van der Waals surface area contributed by atoms with Crippen LogP contribution in [-0.2, 0) is 10.8 Å². The van der Waals surface area contributed by atoms with E-state index in [9.17, 15) is 0 Å². The van der Waals surface area contributed by atoms with E-state index in [0.717, 1.165) is 67.2 Å². The van der Waals surface area contributed by atoms with Gasteiger partial charge in [0.25, 0.3) is 0 Å². The van der Waals surface area contributed by atoms with Crippen LogP contribution in [-0.4, -0.2) is 22.1 Å². The minimum Gasteiger partial charge on any atom is -0.496 e. The lowest BCUT2D eigenvalue weighted by Gasteiger charge is -2.26. The predicted molar refractivity (Wildman–Crippen MR) is 223 cm³/mol. The Kier molecular flexibility index (Phi) is 8.50. The molecule has 4 nitrogen and oxygen atoms in total. The van der Waals surface area contributed by atoms with Crippen LogP contribution < -0.4 is 4.74 Å². The molecule has 0 aliphatic carbocycles. The van der Waals surface area contributed by atoms with Crippen molar-refractivity contribution >= 4 is 21.8 Å². The number of aromatic nitrogens is 3. The summed E-state index contributed by atoms with van der Waals surface area (Å²) in [5.41, 5.74) is 15.1. The third-order valence-corrected chi connectivity index (χ3v) is 10.3. The molecule has 0 saturated heterocycles. The van der Waals surface area contributed by atoms with Crippen molar-refractivity contribution in [3.63, 3.8) is 0 Å². The standard InChI is InChI=1S/C49H45N3O/c1-48(2,3)36-25-34(26-37(30-36)49(4,5)6)35-28-44(52-45(29-35)40-17-9-11-20-46(40)53-7)32-14-12-15-33(24-32)47-38(18-13-23-50-47)31-21-22-43-41(27-31)39-16-8-10-19-42(39)51-43/h8-30,51H,1-7H3. The number of aromatic amines is 1. The van der Waals surface area contributed by atoms with Crippen LogP contribution in [0.2, 0.25) is 0 Å². The van der Waals surface area contributed by atoms with E-state index in [1.54, 1.807) is 7.11 Å². The zero-order chi connectivity index (χ0) is 36.9. The van der Waals surface area contributed by atoms with E-state index >= 15 is 0 Å². The van der Waals surface area contributed by atoms with Crippen molar-refractivity contribution in [2.75, 3.05) is 7.11 Å². The quantitative estimate of drug-likeness (QED) is 0.189. The number of fused-ring (bicyclic) bond motifs is 3. The van der Waals surface area contributed by atoms with Gasteiger partial charge in [-0.15, -0.1) is 0 Å². The summed E-state index contributed by atoms with van der Waals surface area (Å²) < 4.78 is 5.85. The molecule has 0 aliphatic heterocycles. The molecule has 0 atom stereocenters. The lowest BCUT2D eigenvalue weighted by molar-refractivity contribution is 0.416. The highest BCUT2D eigenvalue weighted by atomic mass is 16.5. The number of methoxy groups -OCH3 is 1. The molecular weight excluding hydrogens is 647 g/mol. The van der Waals surface area contributed by atoms with Crippen molar-refractivity contribution in [2.24, 2.45) is 0 Å². The molecule has 3 heterocycles.